The Morgan fingerprint density at radius 3 is 2.52 bits per heavy atom. The van der Waals surface area contributed by atoms with Crippen molar-refractivity contribution in [3.05, 3.63) is 60.2 Å². The molecule has 2 aromatic carbocycles. The molecular weight excluding hydrogens is 527 g/mol. The molecule has 3 N–H and O–H groups in total. The fourth-order valence-electron chi connectivity index (χ4n) is 4.50. The number of hydrogen-bond donors (Lipinski definition) is 3. The zero-order valence-electron chi connectivity index (χ0n) is 19.3. The fraction of sp³-hybridized carbons (Fsp3) is 0.440. The van der Waals surface area contributed by atoms with Crippen molar-refractivity contribution >= 4 is 47.2 Å². The minimum Gasteiger partial charge on any atom is -0.369 e. The van der Waals surface area contributed by atoms with E-state index in [1.807, 2.05) is 18.2 Å². The number of nitrogens with one attached hydrogen (secondary N) is 3. The second kappa shape index (κ2) is 12.8. The number of carbonyl (C=O) groups excluding carboxylic acids is 1. The van der Waals surface area contributed by atoms with E-state index in [-0.39, 0.29) is 35.8 Å². The summed E-state index contributed by atoms with van der Waals surface area (Å²) in [7, 11) is 1.79. The van der Waals surface area contributed by atoms with Crippen LogP contribution in [0.2, 0.25) is 0 Å². The minimum atomic E-state index is 0. The third-order valence-electron chi connectivity index (χ3n) is 6.28. The van der Waals surface area contributed by atoms with Gasteiger partial charge in [-0.2, -0.15) is 0 Å². The quantitative estimate of drug-likeness (QED) is 0.210. The number of benzene rings is 2. The number of halogens is 1. The average molecular weight is 563 g/mol. The first kappa shape index (κ1) is 25.3. The molecule has 4 rings (SSSR count). The number of anilines is 2. The summed E-state index contributed by atoms with van der Waals surface area (Å²) in [6.07, 6.45) is 1.57. The van der Waals surface area contributed by atoms with Gasteiger partial charge in [0.25, 0.3) is 0 Å². The summed E-state index contributed by atoms with van der Waals surface area (Å²) in [5, 5.41) is 9.78. The molecular formula is C25H35IN6O. The van der Waals surface area contributed by atoms with Crippen molar-refractivity contribution in [2.24, 2.45) is 4.99 Å². The van der Waals surface area contributed by atoms with Gasteiger partial charge in [-0.15, -0.1) is 24.0 Å². The molecule has 0 spiro atoms. The van der Waals surface area contributed by atoms with Gasteiger partial charge < -0.3 is 20.9 Å². The van der Waals surface area contributed by atoms with Gasteiger partial charge in [0.05, 0.1) is 0 Å². The van der Waals surface area contributed by atoms with Crippen LogP contribution in [0.5, 0.6) is 0 Å². The second-order valence-corrected chi connectivity index (χ2v) is 8.43. The number of carbonyl (C=O) groups is 1. The highest BCUT2D eigenvalue weighted by atomic mass is 127. The first-order chi connectivity index (χ1) is 15.7. The average Bonchev–Trinajstić information content (AvgIpc) is 2.84. The predicted molar refractivity (Wildman–Crippen MR) is 147 cm³/mol. The Morgan fingerprint density at radius 2 is 1.76 bits per heavy atom. The van der Waals surface area contributed by atoms with Crippen LogP contribution in [-0.2, 0) is 4.79 Å². The van der Waals surface area contributed by atoms with Crippen molar-refractivity contribution in [1.82, 2.24) is 15.5 Å². The first-order valence-corrected chi connectivity index (χ1v) is 11.6. The molecule has 2 aliphatic rings. The molecule has 2 aliphatic heterocycles. The van der Waals surface area contributed by atoms with Crippen LogP contribution in [0.4, 0.5) is 11.4 Å². The lowest BCUT2D eigenvalue weighted by Crippen LogP contribution is -2.47. The molecule has 33 heavy (non-hydrogen) atoms. The molecule has 0 bridgehead atoms. The molecule has 1 atom stereocenters. The van der Waals surface area contributed by atoms with E-state index >= 15 is 0 Å². The smallest absolute Gasteiger partial charge is 0.225 e. The van der Waals surface area contributed by atoms with Crippen molar-refractivity contribution in [1.29, 1.82) is 0 Å². The lowest BCUT2D eigenvalue weighted by Gasteiger charge is -2.36. The van der Waals surface area contributed by atoms with Crippen molar-refractivity contribution < 1.29 is 4.79 Å². The molecule has 1 amide bonds. The lowest BCUT2D eigenvalue weighted by molar-refractivity contribution is -0.116. The molecule has 178 valence electrons. The van der Waals surface area contributed by atoms with Gasteiger partial charge in [0, 0.05) is 70.0 Å². The van der Waals surface area contributed by atoms with E-state index in [4.69, 9.17) is 0 Å². The van der Waals surface area contributed by atoms with E-state index in [9.17, 15) is 4.79 Å². The lowest BCUT2D eigenvalue weighted by atomic mass is 9.90. The highest BCUT2D eigenvalue weighted by molar-refractivity contribution is 14.0. The summed E-state index contributed by atoms with van der Waals surface area (Å²) in [6, 6.07) is 18.7. The van der Waals surface area contributed by atoms with Crippen molar-refractivity contribution in [2.75, 3.05) is 63.1 Å². The Balaban J connectivity index is 0.00000306. The van der Waals surface area contributed by atoms with Gasteiger partial charge in [-0.05, 0) is 36.7 Å². The van der Waals surface area contributed by atoms with Crippen LogP contribution in [0.1, 0.15) is 24.3 Å². The number of guanidine groups is 1. The van der Waals surface area contributed by atoms with E-state index in [1.165, 1.54) is 11.3 Å². The molecule has 2 heterocycles. The summed E-state index contributed by atoms with van der Waals surface area (Å²) in [5.74, 6) is 1.02. The van der Waals surface area contributed by atoms with Crippen molar-refractivity contribution in [3.8, 4) is 0 Å². The maximum Gasteiger partial charge on any atom is 0.225 e. The van der Waals surface area contributed by atoms with Crippen LogP contribution in [0, 0.1) is 0 Å². The van der Waals surface area contributed by atoms with Gasteiger partial charge in [0.2, 0.25) is 5.91 Å². The van der Waals surface area contributed by atoms with E-state index in [2.05, 4.69) is 67.1 Å². The largest absolute Gasteiger partial charge is 0.369 e. The third-order valence-corrected chi connectivity index (χ3v) is 6.28. The zero-order chi connectivity index (χ0) is 22.2. The molecule has 1 unspecified atom stereocenters. The summed E-state index contributed by atoms with van der Waals surface area (Å²) in [6.45, 7) is 7.01. The molecule has 1 fully saturated rings. The minimum absolute atomic E-state index is 0. The molecule has 1 saturated heterocycles. The maximum atomic E-state index is 12.0. The summed E-state index contributed by atoms with van der Waals surface area (Å²) < 4.78 is 0. The predicted octanol–water partition coefficient (Wildman–Crippen LogP) is 3.11. The highest BCUT2D eigenvalue weighted by Gasteiger charge is 2.24. The Morgan fingerprint density at radius 1 is 1.03 bits per heavy atom. The third kappa shape index (κ3) is 7.07. The number of hydrogen-bond acceptors (Lipinski definition) is 4. The van der Waals surface area contributed by atoms with Crippen LogP contribution in [0.25, 0.3) is 0 Å². The molecule has 8 heteroatoms. The van der Waals surface area contributed by atoms with Crippen LogP contribution < -0.4 is 20.9 Å². The number of nitrogens with zero attached hydrogens (tertiary/aromatic N) is 3. The fourth-order valence-corrected chi connectivity index (χ4v) is 4.50. The summed E-state index contributed by atoms with van der Waals surface area (Å²) in [5.41, 5.74) is 3.43. The van der Waals surface area contributed by atoms with E-state index < -0.39 is 0 Å². The standard InChI is InChI=1S/C25H34N6O.HI/c1-26-25(28-19-20-18-24(32)29-23-11-6-5-10-22(20)23)27-12-7-13-30-14-16-31(17-15-30)21-8-3-2-4-9-21;/h2-6,8-11,20H,7,12-19H2,1H3,(H,29,32)(H2,26,27,28);1H. The monoisotopic (exact) mass is 562 g/mol. The Bertz CT molecular complexity index is 914. The molecule has 7 nitrogen and oxygen atoms in total. The van der Waals surface area contributed by atoms with Crippen LogP contribution in [0.3, 0.4) is 0 Å². The number of amides is 1. The second-order valence-electron chi connectivity index (χ2n) is 8.43. The molecule has 0 saturated carbocycles. The van der Waals surface area contributed by atoms with Crippen LogP contribution in [-0.4, -0.2) is 69.6 Å². The number of fused-ring (bicyclic) bond motifs is 1. The van der Waals surface area contributed by atoms with Crippen molar-refractivity contribution in [3.63, 3.8) is 0 Å². The Kier molecular flexibility index (Phi) is 9.80. The van der Waals surface area contributed by atoms with Crippen LogP contribution in [0.15, 0.2) is 59.6 Å². The van der Waals surface area contributed by atoms with E-state index in [0.29, 0.717) is 13.0 Å². The topological polar surface area (TPSA) is 72.0 Å². The van der Waals surface area contributed by atoms with Gasteiger partial charge in [-0.25, -0.2) is 0 Å². The number of piperazine rings is 1. The molecule has 2 aromatic rings. The zero-order valence-corrected chi connectivity index (χ0v) is 21.6. The van der Waals surface area contributed by atoms with E-state index in [0.717, 1.165) is 57.3 Å². The first-order valence-electron chi connectivity index (χ1n) is 11.6. The summed E-state index contributed by atoms with van der Waals surface area (Å²) in [4.78, 5) is 21.4. The van der Waals surface area contributed by atoms with Gasteiger partial charge in [-0.1, -0.05) is 36.4 Å². The van der Waals surface area contributed by atoms with Gasteiger partial charge in [0.15, 0.2) is 5.96 Å². The maximum absolute atomic E-state index is 12.0. The van der Waals surface area contributed by atoms with Crippen molar-refractivity contribution in [2.45, 2.75) is 18.8 Å². The molecule has 0 aromatic heterocycles. The number of aliphatic imine (C=N–C) groups is 1. The highest BCUT2D eigenvalue weighted by Crippen LogP contribution is 2.31. The SMILES string of the molecule is CN=C(NCCCN1CCN(c2ccccc2)CC1)NCC1CC(=O)Nc2ccccc21.I. The number of para-hydroxylation sites is 2. The molecule has 0 radical (unpaired) electrons. The normalized spacial score (nSPS) is 18.7. The number of rotatable bonds is 7. The van der Waals surface area contributed by atoms with E-state index in [1.54, 1.807) is 7.05 Å². The summed E-state index contributed by atoms with van der Waals surface area (Å²) >= 11 is 0. The molecule has 0 aliphatic carbocycles. The Labute approximate surface area is 214 Å². The van der Waals surface area contributed by atoms with Crippen LogP contribution >= 0.6 is 24.0 Å². The van der Waals surface area contributed by atoms with Gasteiger partial charge in [0.1, 0.15) is 0 Å². The Hall–Kier alpha value is -2.33. The van der Waals surface area contributed by atoms with Gasteiger partial charge in [-0.3, -0.25) is 14.7 Å². The van der Waals surface area contributed by atoms with Gasteiger partial charge >= 0.3 is 0 Å².